The third-order valence-corrected chi connectivity index (χ3v) is 9.15. The lowest BCUT2D eigenvalue weighted by molar-refractivity contribution is -0.139. The van der Waals surface area contributed by atoms with Gasteiger partial charge in [-0.1, -0.05) is 66.0 Å². The number of anilines is 1. The van der Waals surface area contributed by atoms with Crippen molar-refractivity contribution in [2.24, 2.45) is 0 Å². The van der Waals surface area contributed by atoms with Crippen LogP contribution >= 0.6 is 11.6 Å². The maximum atomic E-state index is 14.0. The standard InChI is InChI=1S/C31H35ClF3N3O4S/c1-6-22(4)36-30(40)23(5)37(18-24-9-7-8-21(3)16-24)29(39)19-38(43(41,42)26-13-10-20(2)11-14-26)25-12-15-28(32)27(17-25)31(33,34)35/h7-17,22-23H,6,18-19H2,1-5H3,(H,36,40). The Hall–Kier alpha value is -3.57. The molecule has 2 amide bonds. The van der Waals surface area contributed by atoms with Crippen LogP contribution in [-0.4, -0.2) is 43.8 Å². The number of amides is 2. The number of halogens is 4. The van der Waals surface area contributed by atoms with Crippen LogP contribution in [0, 0.1) is 13.8 Å². The second-order valence-electron chi connectivity index (χ2n) is 10.5. The minimum Gasteiger partial charge on any atom is -0.352 e. The fraction of sp³-hybridized carbons (Fsp3) is 0.355. The molecule has 0 saturated carbocycles. The summed E-state index contributed by atoms with van der Waals surface area (Å²) in [6, 6.07) is 14.4. The third-order valence-electron chi connectivity index (χ3n) is 7.03. The van der Waals surface area contributed by atoms with E-state index in [4.69, 9.17) is 11.6 Å². The van der Waals surface area contributed by atoms with Crippen molar-refractivity contribution in [3.63, 3.8) is 0 Å². The van der Waals surface area contributed by atoms with Crippen LogP contribution in [0.25, 0.3) is 0 Å². The monoisotopic (exact) mass is 637 g/mol. The van der Waals surface area contributed by atoms with Crippen LogP contribution in [0.1, 0.15) is 49.4 Å². The van der Waals surface area contributed by atoms with Crippen molar-refractivity contribution in [2.45, 2.75) is 70.7 Å². The van der Waals surface area contributed by atoms with Crippen LogP contribution in [0.15, 0.2) is 71.6 Å². The molecule has 0 aliphatic rings. The zero-order valence-corrected chi connectivity index (χ0v) is 26.1. The molecule has 0 aromatic heterocycles. The Balaban J connectivity index is 2.12. The Kier molecular flexibility index (Phi) is 10.9. The van der Waals surface area contributed by atoms with Crippen LogP contribution in [-0.2, 0) is 32.3 Å². The summed E-state index contributed by atoms with van der Waals surface area (Å²) in [5, 5.41) is 2.22. The SMILES string of the molecule is CCC(C)NC(=O)C(C)N(Cc1cccc(C)c1)C(=O)CN(c1ccc(Cl)c(C(F)(F)F)c1)S(=O)(=O)c1ccc(C)cc1. The number of nitrogens with zero attached hydrogens (tertiary/aromatic N) is 2. The van der Waals surface area contributed by atoms with Crippen LogP contribution in [0.4, 0.5) is 18.9 Å². The molecule has 232 valence electrons. The first-order valence-corrected chi connectivity index (χ1v) is 15.5. The molecule has 43 heavy (non-hydrogen) atoms. The summed E-state index contributed by atoms with van der Waals surface area (Å²) >= 11 is 5.82. The lowest BCUT2D eigenvalue weighted by Crippen LogP contribution is -2.52. The number of nitrogens with one attached hydrogen (secondary N) is 1. The molecule has 0 fully saturated rings. The Morgan fingerprint density at radius 2 is 1.60 bits per heavy atom. The predicted molar refractivity (Wildman–Crippen MR) is 161 cm³/mol. The van der Waals surface area contributed by atoms with Crippen LogP contribution < -0.4 is 9.62 Å². The maximum Gasteiger partial charge on any atom is 0.417 e. The number of sulfonamides is 1. The molecule has 0 aliphatic heterocycles. The van der Waals surface area contributed by atoms with Gasteiger partial charge in [-0.2, -0.15) is 13.2 Å². The molecule has 3 aromatic rings. The lowest BCUT2D eigenvalue weighted by atomic mass is 10.1. The molecule has 2 unspecified atom stereocenters. The predicted octanol–water partition coefficient (Wildman–Crippen LogP) is 6.50. The number of hydrogen-bond acceptors (Lipinski definition) is 4. The second kappa shape index (κ2) is 13.8. The summed E-state index contributed by atoms with van der Waals surface area (Å²) in [4.78, 5) is 28.1. The Morgan fingerprint density at radius 3 is 2.19 bits per heavy atom. The molecule has 3 aromatic carbocycles. The van der Waals surface area contributed by atoms with Gasteiger partial charge in [-0.05, 0) is 70.0 Å². The summed E-state index contributed by atoms with van der Waals surface area (Å²) < 4.78 is 69.8. The number of benzene rings is 3. The van der Waals surface area contributed by atoms with E-state index in [0.717, 1.165) is 23.3 Å². The van der Waals surface area contributed by atoms with Gasteiger partial charge < -0.3 is 10.2 Å². The molecule has 1 N–H and O–H groups in total. The quantitative estimate of drug-likeness (QED) is 0.260. The minimum atomic E-state index is -4.88. The van der Waals surface area contributed by atoms with Gasteiger partial charge in [0.05, 0.1) is 21.2 Å². The highest BCUT2D eigenvalue weighted by molar-refractivity contribution is 7.92. The number of carbonyl (C=O) groups excluding carboxylic acids is 2. The van der Waals surface area contributed by atoms with Gasteiger partial charge in [-0.15, -0.1) is 0 Å². The number of alkyl halides is 3. The van der Waals surface area contributed by atoms with Crippen molar-refractivity contribution < 1.29 is 31.2 Å². The van der Waals surface area contributed by atoms with Crippen LogP contribution in [0.2, 0.25) is 5.02 Å². The van der Waals surface area contributed by atoms with Crippen molar-refractivity contribution in [3.05, 3.63) is 94.0 Å². The van der Waals surface area contributed by atoms with E-state index in [0.29, 0.717) is 22.4 Å². The Bertz CT molecular complexity index is 1560. The van der Waals surface area contributed by atoms with E-state index in [1.807, 2.05) is 32.9 Å². The van der Waals surface area contributed by atoms with Crippen molar-refractivity contribution in [3.8, 4) is 0 Å². The fourth-order valence-electron chi connectivity index (χ4n) is 4.31. The molecule has 0 radical (unpaired) electrons. The van der Waals surface area contributed by atoms with Gasteiger partial charge in [-0.3, -0.25) is 13.9 Å². The van der Waals surface area contributed by atoms with Crippen LogP contribution in [0.3, 0.4) is 0 Å². The molecule has 0 heterocycles. The van der Waals surface area contributed by atoms with Gasteiger partial charge in [0.25, 0.3) is 10.0 Å². The summed E-state index contributed by atoms with van der Waals surface area (Å²) in [6.07, 6.45) is -4.23. The normalized spacial score (nSPS) is 13.2. The summed E-state index contributed by atoms with van der Waals surface area (Å²) in [5.41, 5.74) is 0.707. The van der Waals surface area contributed by atoms with E-state index in [1.54, 1.807) is 31.2 Å². The molecule has 2 atom stereocenters. The van der Waals surface area contributed by atoms with E-state index < -0.39 is 56.9 Å². The highest BCUT2D eigenvalue weighted by Crippen LogP contribution is 2.38. The highest BCUT2D eigenvalue weighted by atomic mass is 35.5. The maximum absolute atomic E-state index is 14.0. The van der Waals surface area contributed by atoms with Crippen molar-refractivity contribution in [2.75, 3.05) is 10.8 Å². The molecular weight excluding hydrogens is 603 g/mol. The zero-order chi connectivity index (χ0) is 32.1. The first kappa shape index (κ1) is 33.9. The summed E-state index contributed by atoms with van der Waals surface area (Å²) in [7, 11) is -4.55. The van der Waals surface area contributed by atoms with E-state index in [2.05, 4.69) is 5.32 Å². The molecule has 0 bridgehead atoms. The average molecular weight is 638 g/mol. The lowest BCUT2D eigenvalue weighted by Gasteiger charge is -2.32. The van der Waals surface area contributed by atoms with E-state index in [9.17, 15) is 31.2 Å². The summed E-state index contributed by atoms with van der Waals surface area (Å²) in [6.45, 7) is 7.93. The van der Waals surface area contributed by atoms with Gasteiger partial charge in [0, 0.05) is 12.6 Å². The van der Waals surface area contributed by atoms with Gasteiger partial charge in [0.2, 0.25) is 11.8 Å². The van der Waals surface area contributed by atoms with Gasteiger partial charge >= 0.3 is 6.18 Å². The highest BCUT2D eigenvalue weighted by Gasteiger charge is 2.37. The topological polar surface area (TPSA) is 86.8 Å². The third kappa shape index (κ3) is 8.51. The molecule has 7 nitrogen and oxygen atoms in total. The number of carbonyl (C=O) groups is 2. The fourth-order valence-corrected chi connectivity index (χ4v) is 5.94. The Labute approximate surface area is 255 Å². The molecule has 0 saturated heterocycles. The molecule has 0 aliphatic carbocycles. The minimum absolute atomic E-state index is 0.0392. The van der Waals surface area contributed by atoms with Gasteiger partial charge in [0.1, 0.15) is 12.6 Å². The molecular formula is C31H35ClF3N3O4S. The van der Waals surface area contributed by atoms with Crippen LogP contribution in [0.5, 0.6) is 0 Å². The average Bonchev–Trinajstić information content (AvgIpc) is 2.94. The number of hydrogen-bond donors (Lipinski definition) is 1. The smallest absolute Gasteiger partial charge is 0.352 e. The van der Waals surface area contributed by atoms with Gasteiger partial charge in [-0.25, -0.2) is 8.42 Å². The largest absolute Gasteiger partial charge is 0.417 e. The second-order valence-corrected chi connectivity index (χ2v) is 12.8. The zero-order valence-electron chi connectivity index (χ0n) is 24.6. The van der Waals surface area contributed by atoms with Crippen molar-refractivity contribution in [1.82, 2.24) is 10.2 Å². The van der Waals surface area contributed by atoms with Crippen molar-refractivity contribution >= 4 is 39.1 Å². The van der Waals surface area contributed by atoms with Gasteiger partial charge in [0.15, 0.2) is 0 Å². The van der Waals surface area contributed by atoms with E-state index >= 15 is 0 Å². The summed E-state index contributed by atoms with van der Waals surface area (Å²) in [5.74, 6) is -1.23. The molecule has 12 heteroatoms. The first-order chi connectivity index (χ1) is 20.0. The number of rotatable bonds is 11. The van der Waals surface area contributed by atoms with E-state index in [1.165, 1.54) is 24.0 Å². The molecule has 0 spiro atoms. The Morgan fingerprint density at radius 1 is 0.953 bits per heavy atom. The van der Waals surface area contributed by atoms with E-state index in [-0.39, 0.29) is 17.5 Å². The van der Waals surface area contributed by atoms with Crippen molar-refractivity contribution in [1.29, 1.82) is 0 Å². The number of aryl methyl sites for hydroxylation is 2. The molecule has 3 rings (SSSR count). The first-order valence-electron chi connectivity index (χ1n) is 13.7.